The van der Waals surface area contributed by atoms with Crippen molar-refractivity contribution in [2.45, 2.75) is 6.04 Å². The zero-order chi connectivity index (χ0) is 11.4. The number of benzene rings is 1. The van der Waals surface area contributed by atoms with Crippen molar-refractivity contribution in [3.05, 3.63) is 29.0 Å². The molecule has 1 rings (SSSR count). The Labute approximate surface area is 91.4 Å². The zero-order valence-electron chi connectivity index (χ0n) is 7.84. The van der Waals surface area contributed by atoms with Gasteiger partial charge in [-0.3, -0.25) is 4.79 Å². The van der Waals surface area contributed by atoms with Crippen LogP contribution in [0, 0.1) is 5.82 Å². The number of carbonyl (C=O) groups excluding carboxylic acids is 1. The normalized spacial score (nSPS) is 12.2. The molecular formula is C9H11ClFN3O. The summed E-state index contributed by atoms with van der Waals surface area (Å²) >= 11 is 5.56. The average molecular weight is 232 g/mol. The molecular weight excluding hydrogens is 221 g/mol. The molecule has 0 radical (unpaired) electrons. The number of hydrogen-bond donors (Lipinski definition) is 3. The maximum atomic E-state index is 13.2. The zero-order valence-corrected chi connectivity index (χ0v) is 8.59. The molecule has 1 aromatic carbocycles. The van der Waals surface area contributed by atoms with E-state index in [1.54, 1.807) is 0 Å². The number of hydrogen-bond acceptors (Lipinski definition) is 3. The Hall–Kier alpha value is -1.33. The third kappa shape index (κ3) is 3.38. The molecule has 1 amide bonds. The topological polar surface area (TPSA) is 81.1 Å². The van der Waals surface area contributed by atoms with Crippen LogP contribution >= 0.6 is 11.6 Å². The van der Waals surface area contributed by atoms with Crippen LogP contribution in [-0.2, 0) is 4.79 Å². The van der Waals surface area contributed by atoms with Gasteiger partial charge in [-0.25, -0.2) is 4.39 Å². The van der Waals surface area contributed by atoms with E-state index in [-0.39, 0.29) is 12.2 Å². The molecule has 0 aliphatic carbocycles. The number of nitrogens with one attached hydrogen (secondary N) is 1. The van der Waals surface area contributed by atoms with E-state index in [0.717, 1.165) is 0 Å². The molecule has 5 N–H and O–H groups in total. The van der Waals surface area contributed by atoms with Crippen molar-refractivity contribution in [3.63, 3.8) is 0 Å². The van der Waals surface area contributed by atoms with Crippen LogP contribution in [0.15, 0.2) is 18.2 Å². The van der Waals surface area contributed by atoms with Crippen molar-refractivity contribution in [2.24, 2.45) is 11.5 Å². The molecule has 1 unspecified atom stereocenters. The predicted octanol–water partition coefficient (Wildman–Crippen LogP) is 0.704. The Balaban J connectivity index is 2.62. The lowest BCUT2D eigenvalue weighted by molar-refractivity contribution is -0.118. The second-order valence-corrected chi connectivity index (χ2v) is 3.45. The molecule has 4 nitrogen and oxygen atoms in total. The van der Waals surface area contributed by atoms with Crippen molar-refractivity contribution < 1.29 is 9.18 Å². The van der Waals surface area contributed by atoms with Gasteiger partial charge in [-0.05, 0) is 18.2 Å². The van der Waals surface area contributed by atoms with Crippen LogP contribution in [-0.4, -0.2) is 18.5 Å². The van der Waals surface area contributed by atoms with Gasteiger partial charge in [0.1, 0.15) is 11.9 Å². The fourth-order valence-electron chi connectivity index (χ4n) is 0.953. The number of amides is 1. The van der Waals surface area contributed by atoms with Gasteiger partial charge in [0, 0.05) is 11.6 Å². The van der Waals surface area contributed by atoms with Crippen LogP contribution in [0.1, 0.15) is 0 Å². The molecule has 0 bridgehead atoms. The van der Waals surface area contributed by atoms with Gasteiger partial charge in [0.05, 0.1) is 5.69 Å². The molecule has 6 heteroatoms. The van der Waals surface area contributed by atoms with Gasteiger partial charge in [0.2, 0.25) is 5.91 Å². The summed E-state index contributed by atoms with van der Waals surface area (Å²) in [6.45, 7) is 0.0773. The minimum atomic E-state index is -0.847. The minimum Gasteiger partial charge on any atom is -0.381 e. The van der Waals surface area contributed by atoms with Gasteiger partial charge < -0.3 is 16.8 Å². The van der Waals surface area contributed by atoms with Gasteiger partial charge in [0.25, 0.3) is 0 Å². The van der Waals surface area contributed by atoms with Crippen LogP contribution in [0.25, 0.3) is 0 Å². The summed E-state index contributed by atoms with van der Waals surface area (Å²) in [4.78, 5) is 10.6. The standard InChI is InChI=1S/C9H11ClFN3O/c10-5-1-2-8(6(11)3-5)14-4-7(12)9(13)15/h1-3,7,14H,4,12H2,(H2,13,15). The summed E-state index contributed by atoms with van der Waals surface area (Å²) in [5.41, 5.74) is 10.5. The molecule has 15 heavy (non-hydrogen) atoms. The van der Waals surface area contributed by atoms with Crippen LogP contribution in [0.3, 0.4) is 0 Å². The predicted molar refractivity (Wildman–Crippen MR) is 57.1 cm³/mol. The Kier molecular flexibility index (Phi) is 3.88. The number of rotatable bonds is 4. The van der Waals surface area contributed by atoms with Gasteiger partial charge in [-0.1, -0.05) is 11.6 Å². The van der Waals surface area contributed by atoms with E-state index in [2.05, 4.69) is 5.32 Å². The smallest absolute Gasteiger partial charge is 0.236 e. The Bertz CT molecular complexity index is 372. The molecule has 0 aliphatic heterocycles. The van der Waals surface area contributed by atoms with Crippen molar-refractivity contribution in [2.75, 3.05) is 11.9 Å². The fraction of sp³-hybridized carbons (Fsp3) is 0.222. The molecule has 82 valence electrons. The van der Waals surface area contributed by atoms with Crippen LogP contribution in [0.5, 0.6) is 0 Å². The number of primary amides is 1. The second-order valence-electron chi connectivity index (χ2n) is 3.01. The lowest BCUT2D eigenvalue weighted by atomic mass is 10.2. The summed E-state index contributed by atoms with van der Waals surface area (Å²) in [5, 5.41) is 2.96. The maximum absolute atomic E-state index is 13.2. The Morgan fingerprint density at radius 2 is 2.27 bits per heavy atom. The maximum Gasteiger partial charge on any atom is 0.236 e. The molecule has 0 saturated carbocycles. The molecule has 1 atom stereocenters. The monoisotopic (exact) mass is 231 g/mol. The highest BCUT2D eigenvalue weighted by Gasteiger charge is 2.09. The summed E-state index contributed by atoms with van der Waals surface area (Å²) in [5.74, 6) is -1.14. The molecule has 0 aromatic heterocycles. The summed E-state index contributed by atoms with van der Waals surface area (Å²) in [7, 11) is 0. The van der Waals surface area contributed by atoms with E-state index in [4.69, 9.17) is 23.1 Å². The molecule has 1 aromatic rings. The van der Waals surface area contributed by atoms with Gasteiger partial charge in [0.15, 0.2) is 0 Å². The number of nitrogens with two attached hydrogens (primary N) is 2. The van der Waals surface area contributed by atoms with Crippen molar-refractivity contribution in [1.29, 1.82) is 0 Å². The first kappa shape index (κ1) is 11.7. The number of carbonyl (C=O) groups is 1. The number of halogens is 2. The van der Waals surface area contributed by atoms with E-state index >= 15 is 0 Å². The van der Waals surface area contributed by atoms with Gasteiger partial charge >= 0.3 is 0 Å². The Morgan fingerprint density at radius 3 is 2.80 bits per heavy atom. The highest BCUT2D eigenvalue weighted by Crippen LogP contribution is 2.18. The Morgan fingerprint density at radius 1 is 1.60 bits per heavy atom. The van der Waals surface area contributed by atoms with Gasteiger partial charge in [-0.15, -0.1) is 0 Å². The van der Waals surface area contributed by atoms with E-state index in [9.17, 15) is 9.18 Å². The lowest BCUT2D eigenvalue weighted by Crippen LogP contribution is -2.41. The fourth-order valence-corrected chi connectivity index (χ4v) is 1.11. The summed E-state index contributed by atoms with van der Waals surface area (Å²) < 4.78 is 13.2. The average Bonchev–Trinajstić information content (AvgIpc) is 2.15. The first-order valence-electron chi connectivity index (χ1n) is 4.24. The lowest BCUT2D eigenvalue weighted by Gasteiger charge is -2.11. The third-order valence-electron chi connectivity index (χ3n) is 1.81. The van der Waals surface area contributed by atoms with Crippen molar-refractivity contribution in [3.8, 4) is 0 Å². The quantitative estimate of drug-likeness (QED) is 0.714. The van der Waals surface area contributed by atoms with E-state index in [1.807, 2.05) is 0 Å². The highest BCUT2D eigenvalue weighted by molar-refractivity contribution is 6.30. The highest BCUT2D eigenvalue weighted by atomic mass is 35.5. The first-order valence-corrected chi connectivity index (χ1v) is 4.62. The van der Waals surface area contributed by atoms with E-state index < -0.39 is 17.8 Å². The molecule has 0 heterocycles. The van der Waals surface area contributed by atoms with E-state index in [0.29, 0.717) is 5.02 Å². The molecule has 0 fully saturated rings. The largest absolute Gasteiger partial charge is 0.381 e. The van der Waals surface area contributed by atoms with Crippen LogP contribution in [0.2, 0.25) is 5.02 Å². The van der Waals surface area contributed by atoms with Crippen LogP contribution in [0.4, 0.5) is 10.1 Å². The molecule has 0 saturated heterocycles. The van der Waals surface area contributed by atoms with Crippen molar-refractivity contribution >= 4 is 23.2 Å². The van der Waals surface area contributed by atoms with Crippen molar-refractivity contribution in [1.82, 2.24) is 0 Å². The minimum absolute atomic E-state index is 0.0773. The summed E-state index contributed by atoms with van der Waals surface area (Å²) in [6.07, 6.45) is 0. The van der Waals surface area contributed by atoms with Crippen LogP contribution < -0.4 is 16.8 Å². The first-order chi connectivity index (χ1) is 7.00. The summed E-state index contributed by atoms with van der Waals surface area (Å²) in [6, 6.07) is 3.31. The number of anilines is 1. The van der Waals surface area contributed by atoms with Gasteiger partial charge in [-0.2, -0.15) is 0 Å². The SMILES string of the molecule is NC(=O)C(N)CNc1ccc(Cl)cc1F. The third-order valence-corrected chi connectivity index (χ3v) is 2.04. The molecule has 0 aliphatic rings. The molecule has 0 spiro atoms. The second kappa shape index (κ2) is 4.95. The van der Waals surface area contributed by atoms with E-state index in [1.165, 1.54) is 18.2 Å².